The lowest BCUT2D eigenvalue weighted by Gasteiger charge is -2.22. The largest absolute Gasteiger partial charge is 0.485 e. The molecule has 164 valence electrons. The van der Waals surface area contributed by atoms with Crippen LogP contribution in [0.4, 0.5) is 5.69 Å². The second-order valence-corrected chi connectivity index (χ2v) is 7.03. The zero-order valence-electron chi connectivity index (χ0n) is 17.2. The molecule has 0 atom stereocenters. The van der Waals surface area contributed by atoms with Gasteiger partial charge in [0.15, 0.2) is 11.5 Å². The highest BCUT2D eigenvalue weighted by Gasteiger charge is 2.28. The highest BCUT2D eigenvalue weighted by atomic mass is 16.6. The van der Waals surface area contributed by atoms with Crippen molar-refractivity contribution in [2.75, 3.05) is 7.11 Å². The molecule has 0 saturated carbocycles. The van der Waals surface area contributed by atoms with Crippen molar-refractivity contribution >= 4 is 22.7 Å². The number of esters is 1. The van der Waals surface area contributed by atoms with Crippen molar-refractivity contribution in [1.82, 2.24) is 9.97 Å². The van der Waals surface area contributed by atoms with Gasteiger partial charge < -0.3 is 18.9 Å². The Bertz CT molecular complexity index is 1400. The van der Waals surface area contributed by atoms with Crippen LogP contribution in [0.25, 0.3) is 11.0 Å². The van der Waals surface area contributed by atoms with E-state index in [1.807, 2.05) is 12.1 Å². The van der Waals surface area contributed by atoms with E-state index in [1.54, 1.807) is 24.3 Å². The first-order chi connectivity index (χ1) is 16.0. The molecule has 0 bridgehead atoms. The highest BCUT2D eigenvalue weighted by Crippen LogP contribution is 2.49. The van der Waals surface area contributed by atoms with Gasteiger partial charge in [0.05, 0.1) is 28.6 Å². The average Bonchev–Trinajstić information content (AvgIpc) is 2.84. The lowest BCUT2D eigenvalue weighted by Crippen LogP contribution is -2.09. The number of carbonyl (C=O) groups is 1. The summed E-state index contributed by atoms with van der Waals surface area (Å²) in [5.41, 5.74) is 2.10. The second-order valence-electron chi connectivity index (χ2n) is 7.03. The van der Waals surface area contributed by atoms with Crippen LogP contribution in [0.3, 0.4) is 0 Å². The number of benzene rings is 3. The van der Waals surface area contributed by atoms with Crippen LogP contribution in [-0.4, -0.2) is 28.0 Å². The SMILES string of the molecule is COC(=O)c1cc(OCc2ccc([N+](=O)[O-])cc2)c2c(c1)Oc1nc3ccccc3nc1O2. The number of rotatable bonds is 5. The molecule has 5 rings (SSSR count). The molecule has 0 spiro atoms. The molecule has 10 heteroatoms. The van der Waals surface area contributed by atoms with E-state index in [9.17, 15) is 14.9 Å². The van der Waals surface area contributed by atoms with Crippen molar-refractivity contribution in [2.45, 2.75) is 6.61 Å². The van der Waals surface area contributed by atoms with Crippen LogP contribution in [-0.2, 0) is 11.3 Å². The molecule has 1 aromatic heterocycles. The minimum Gasteiger partial charge on any atom is -0.485 e. The molecule has 33 heavy (non-hydrogen) atoms. The Hall–Kier alpha value is -4.73. The normalized spacial score (nSPS) is 11.5. The van der Waals surface area contributed by atoms with Crippen LogP contribution in [0.2, 0.25) is 0 Å². The predicted molar refractivity (Wildman–Crippen MR) is 115 cm³/mol. The first-order valence-corrected chi connectivity index (χ1v) is 9.77. The van der Waals surface area contributed by atoms with E-state index in [2.05, 4.69) is 9.97 Å². The Morgan fingerprint density at radius 3 is 2.30 bits per heavy atom. The Balaban J connectivity index is 1.50. The first-order valence-electron chi connectivity index (χ1n) is 9.77. The van der Waals surface area contributed by atoms with Gasteiger partial charge in [-0.15, -0.1) is 0 Å². The summed E-state index contributed by atoms with van der Waals surface area (Å²) in [6, 6.07) is 16.1. The van der Waals surface area contributed by atoms with E-state index in [0.717, 1.165) is 0 Å². The Morgan fingerprint density at radius 2 is 1.67 bits per heavy atom. The monoisotopic (exact) mass is 445 g/mol. The smallest absolute Gasteiger partial charge is 0.338 e. The maximum Gasteiger partial charge on any atom is 0.338 e. The number of methoxy groups -OCH3 is 1. The molecule has 2 heterocycles. The van der Waals surface area contributed by atoms with E-state index >= 15 is 0 Å². The number of para-hydroxylation sites is 2. The fourth-order valence-electron chi connectivity index (χ4n) is 3.27. The Kier molecular flexibility index (Phi) is 4.94. The molecule has 3 aromatic carbocycles. The van der Waals surface area contributed by atoms with Gasteiger partial charge in [-0.3, -0.25) is 10.1 Å². The maximum absolute atomic E-state index is 12.2. The van der Waals surface area contributed by atoms with Crippen molar-refractivity contribution in [1.29, 1.82) is 0 Å². The van der Waals surface area contributed by atoms with Gasteiger partial charge in [-0.1, -0.05) is 12.1 Å². The third kappa shape index (κ3) is 3.85. The van der Waals surface area contributed by atoms with Crippen LogP contribution in [0, 0.1) is 10.1 Å². The van der Waals surface area contributed by atoms with Crippen molar-refractivity contribution in [3.05, 3.63) is 81.9 Å². The molecule has 1 aliphatic heterocycles. The minimum atomic E-state index is -0.586. The van der Waals surface area contributed by atoms with Crippen molar-refractivity contribution in [3.8, 4) is 29.0 Å². The summed E-state index contributed by atoms with van der Waals surface area (Å²) in [5.74, 6) is 0.385. The molecule has 0 aliphatic carbocycles. The molecular formula is C23H15N3O7. The third-order valence-corrected chi connectivity index (χ3v) is 4.90. The minimum absolute atomic E-state index is 0.0250. The standard InChI is InChI=1S/C23H15N3O7/c1-30-23(27)14-10-18(31-12-13-6-8-15(9-7-13)26(28)29)20-19(11-14)32-21-22(33-20)25-17-5-3-2-4-16(17)24-21/h2-11H,12H2,1H3. The third-order valence-electron chi connectivity index (χ3n) is 4.90. The topological polar surface area (TPSA) is 123 Å². The van der Waals surface area contributed by atoms with Gasteiger partial charge in [-0.05, 0) is 42.0 Å². The number of nitrogens with zero attached hydrogens (tertiary/aromatic N) is 3. The summed E-state index contributed by atoms with van der Waals surface area (Å²) < 4.78 is 22.6. The number of non-ortho nitro benzene ring substituents is 1. The highest BCUT2D eigenvalue weighted by molar-refractivity contribution is 5.91. The van der Waals surface area contributed by atoms with Crippen LogP contribution in [0.5, 0.6) is 29.0 Å². The van der Waals surface area contributed by atoms with Gasteiger partial charge >= 0.3 is 5.97 Å². The number of nitro groups is 1. The molecule has 0 unspecified atom stereocenters. The fourth-order valence-corrected chi connectivity index (χ4v) is 3.27. The molecule has 0 saturated heterocycles. The van der Waals surface area contributed by atoms with Crippen LogP contribution in [0.1, 0.15) is 15.9 Å². The predicted octanol–water partition coefficient (Wildman–Crippen LogP) is 4.80. The maximum atomic E-state index is 12.2. The molecular weight excluding hydrogens is 430 g/mol. The number of nitro benzene ring substituents is 1. The summed E-state index contributed by atoms with van der Waals surface area (Å²) in [6.45, 7) is 0.0642. The molecule has 4 aromatic rings. The Morgan fingerprint density at radius 1 is 1.00 bits per heavy atom. The molecule has 0 radical (unpaired) electrons. The fraction of sp³-hybridized carbons (Fsp3) is 0.0870. The zero-order valence-corrected chi connectivity index (χ0v) is 17.2. The van der Waals surface area contributed by atoms with E-state index in [4.69, 9.17) is 18.9 Å². The van der Waals surface area contributed by atoms with Gasteiger partial charge in [0.2, 0.25) is 5.75 Å². The summed E-state index contributed by atoms with van der Waals surface area (Å²) in [7, 11) is 1.27. The lowest BCUT2D eigenvalue weighted by molar-refractivity contribution is -0.384. The second kappa shape index (κ2) is 8.08. The van der Waals surface area contributed by atoms with Crippen molar-refractivity contribution in [3.63, 3.8) is 0 Å². The Labute approximate surface area is 186 Å². The summed E-state index contributed by atoms with van der Waals surface area (Å²) in [4.78, 5) is 31.4. The van der Waals surface area contributed by atoms with Crippen LogP contribution in [0.15, 0.2) is 60.7 Å². The van der Waals surface area contributed by atoms with Crippen LogP contribution >= 0.6 is 0 Å². The zero-order chi connectivity index (χ0) is 22.9. The number of hydrogen-bond donors (Lipinski definition) is 0. The van der Waals surface area contributed by atoms with Crippen molar-refractivity contribution in [2.24, 2.45) is 0 Å². The summed E-state index contributed by atoms with van der Waals surface area (Å²) in [5, 5.41) is 10.9. The van der Waals surface area contributed by atoms with Gasteiger partial charge in [0, 0.05) is 12.1 Å². The first kappa shape index (κ1) is 20.2. The number of carbonyl (C=O) groups excluding carboxylic acids is 1. The van der Waals surface area contributed by atoms with Gasteiger partial charge in [-0.25, -0.2) is 14.8 Å². The van der Waals surface area contributed by atoms with Gasteiger partial charge in [-0.2, -0.15) is 0 Å². The van der Waals surface area contributed by atoms with Crippen LogP contribution < -0.4 is 14.2 Å². The lowest BCUT2D eigenvalue weighted by atomic mass is 10.1. The van der Waals surface area contributed by atoms with Gasteiger partial charge in [0.1, 0.15) is 6.61 Å². The number of hydrogen-bond acceptors (Lipinski definition) is 9. The van der Waals surface area contributed by atoms with E-state index < -0.39 is 10.9 Å². The van der Waals surface area contributed by atoms with E-state index in [0.29, 0.717) is 16.6 Å². The average molecular weight is 445 g/mol. The molecule has 0 amide bonds. The molecule has 0 N–H and O–H groups in total. The molecule has 1 aliphatic rings. The molecule has 10 nitrogen and oxygen atoms in total. The number of aromatic nitrogens is 2. The molecule has 0 fully saturated rings. The van der Waals surface area contributed by atoms with E-state index in [-0.39, 0.29) is 46.9 Å². The quantitative estimate of drug-likeness (QED) is 0.213. The number of ether oxygens (including phenoxy) is 4. The van der Waals surface area contributed by atoms with Gasteiger partial charge in [0.25, 0.3) is 17.4 Å². The number of fused-ring (bicyclic) bond motifs is 3. The summed E-state index contributed by atoms with van der Waals surface area (Å²) in [6.07, 6.45) is 0. The van der Waals surface area contributed by atoms with E-state index in [1.165, 1.54) is 31.4 Å². The van der Waals surface area contributed by atoms with Crippen molar-refractivity contribution < 1.29 is 28.7 Å². The summed E-state index contributed by atoms with van der Waals surface area (Å²) >= 11 is 0.